The third-order valence-electron chi connectivity index (χ3n) is 4.37. The number of fused-ring (bicyclic) bond motifs is 1. The SMILES string of the molecule is CC(C)(O)c1ccn2c(-c3ccnc(-c4ccc(Cl)c(F)c4)n3)cnc2c1F. The van der Waals surface area contributed by atoms with Gasteiger partial charge in [-0.1, -0.05) is 11.6 Å². The molecule has 0 saturated carbocycles. The van der Waals surface area contributed by atoms with Gasteiger partial charge in [-0.15, -0.1) is 0 Å². The minimum Gasteiger partial charge on any atom is -0.386 e. The quantitative estimate of drug-likeness (QED) is 0.545. The number of benzene rings is 1. The van der Waals surface area contributed by atoms with Crippen LogP contribution < -0.4 is 0 Å². The Kier molecular flexibility index (Phi) is 4.36. The molecule has 3 heterocycles. The molecule has 4 rings (SSSR count). The molecule has 0 aliphatic rings. The second-order valence-corrected chi connectivity index (χ2v) is 7.24. The number of imidazole rings is 1. The van der Waals surface area contributed by atoms with E-state index >= 15 is 0 Å². The van der Waals surface area contributed by atoms with Gasteiger partial charge in [0, 0.05) is 23.5 Å². The lowest BCUT2D eigenvalue weighted by molar-refractivity contribution is 0.0746. The van der Waals surface area contributed by atoms with Crippen LogP contribution in [0.25, 0.3) is 28.4 Å². The molecule has 28 heavy (non-hydrogen) atoms. The molecular weight excluding hydrogens is 386 g/mol. The van der Waals surface area contributed by atoms with Gasteiger partial charge in [-0.05, 0) is 44.2 Å². The minimum absolute atomic E-state index is 0.0137. The molecule has 0 spiro atoms. The van der Waals surface area contributed by atoms with Crippen LogP contribution in [0, 0.1) is 11.6 Å². The van der Waals surface area contributed by atoms with Gasteiger partial charge in [0.2, 0.25) is 0 Å². The fraction of sp³-hybridized carbons (Fsp3) is 0.150. The lowest BCUT2D eigenvalue weighted by atomic mass is 9.99. The van der Waals surface area contributed by atoms with Crippen molar-refractivity contribution in [1.82, 2.24) is 19.4 Å². The van der Waals surface area contributed by atoms with Crippen LogP contribution in [-0.4, -0.2) is 24.5 Å². The van der Waals surface area contributed by atoms with Gasteiger partial charge in [-0.3, -0.25) is 4.40 Å². The molecule has 142 valence electrons. The van der Waals surface area contributed by atoms with Crippen LogP contribution in [0.4, 0.5) is 8.78 Å². The molecule has 0 aliphatic carbocycles. The second kappa shape index (κ2) is 6.61. The third-order valence-corrected chi connectivity index (χ3v) is 4.68. The molecule has 1 N–H and O–H groups in total. The van der Waals surface area contributed by atoms with Gasteiger partial charge >= 0.3 is 0 Å². The number of aliphatic hydroxyl groups is 1. The third kappa shape index (κ3) is 3.12. The predicted molar refractivity (Wildman–Crippen MR) is 102 cm³/mol. The maximum absolute atomic E-state index is 14.8. The summed E-state index contributed by atoms with van der Waals surface area (Å²) in [4.78, 5) is 12.8. The fourth-order valence-electron chi connectivity index (χ4n) is 2.95. The summed E-state index contributed by atoms with van der Waals surface area (Å²) in [6, 6.07) is 7.47. The highest BCUT2D eigenvalue weighted by atomic mass is 35.5. The zero-order valence-electron chi connectivity index (χ0n) is 15.0. The Labute approximate surface area is 164 Å². The van der Waals surface area contributed by atoms with Gasteiger partial charge in [-0.2, -0.15) is 0 Å². The molecule has 1 aromatic carbocycles. The molecular formula is C20H15ClF2N4O. The van der Waals surface area contributed by atoms with Crippen molar-refractivity contribution in [2.45, 2.75) is 19.4 Å². The van der Waals surface area contributed by atoms with Crippen molar-refractivity contribution in [3.05, 3.63) is 71.1 Å². The lowest BCUT2D eigenvalue weighted by Gasteiger charge is -2.18. The van der Waals surface area contributed by atoms with E-state index in [0.29, 0.717) is 22.8 Å². The van der Waals surface area contributed by atoms with Crippen molar-refractivity contribution >= 4 is 17.2 Å². The molecule has 0 fully saturated rings. The zero-order valence-corrected chi connectivity index (χ0v) is 15.7. The summed E-state index contributed by atoms with van der Waals surface area (Å²) in [5, 5.41) is 10.1. The molecule has 0 bridgehead atoms. The second-order valence-electron chi connectivity index (χ2n) is 6.83. The Bertz CT molecular complexity index is 1200. The maximum Gasteiger partial charge on any atom is 0.174 e. The molecule has 0 unspecified atom stereocenters. The van der Waals surface area contributed by atoms with Crippen molar-refractivity contribution in [3.63, 3.8) is 0 Å². The smallest absolute Gasteiger partial charge is 0.174 e. The number of nitrogens with zero attached hydrogens (tertiary/aromatic N) is 4. The molecule has 0 atom stereocenters. The maximum atomic E-state index is 14.8. The average Bonchev–Trinajstić information content (AvgIpc) is 3.08. The highest BCUT2D eigenvalue weighted by Gasteiger charge is 2.24. The number of aromatic nitrogens is 4. The summed E-state index contributed by atoms with van der Waals surface area (Å²) in [7, 11) is 0. The summed E-state index contributed by atoms with van der Waals surface area (Å²) in [5.41, 5.74) is 0.383. The van der Waals surface area contributed by atoms with Gasteiger partial charge in [0.05, 0.1) is 28.2 Å². The summed E-state index contributed by atoms with van der Waals surface area (Å²) < 4.78 is 30.1. The van der Waals surface area contributed by atoms with Crippen molar-refractivity contribution in [1.29, 1.82) is 0 Å². The normalized spacial score (nSPS) is 11.9. The Balaban J connectivity index is 1.83. The molecule has 0 aliphatic heterocycles. The molecule has 3 aromatic heterocycles. The van der Waals surface area contributed by atoms with Gasteiger partial charge in [0.1, 0.15) is 5.82 Å². The molecule has 0 saturated heterocycles. The summed E-state index contributed by atoms with van der Waals surface area (Å²) in [6.07, 6.45) is 4.64. The van der Waals surface area contributed by atoms with Crippen LogP contribution in [0.2, 0.25) is 5.02 Å². The van der Waals surface area contributed by atoms with Crippen LogP contribution in [0.15, 0.2) is 48.9 Å². The van der Waals surface area contributed by atoms with Crippen molar-refractivity contribution < 1.29 is 13.9 Å². The average molecular weight is 401 g/mol. The standard InChI is InChI=1S/C20H15ClF2N4O/c1-20(2,28)12-6-8-27-16(10-25-19(27)17(12)23)15-5-7-24-18(26-15)11-3-4-13(21)14(22)9-11/h3-10,28H,1-2H3. The van der Waals surface area contributed by atoms with Crippen LogP contribution in [0.1, 0.15) is 19.4 Å². The zero-order chi connectivity index (χ0) is 20.1. The summed E-state index contributed by atoms with van der Waals surface area (Å²) in [5.74, 6) is -0.865. The highest BCUT2D eigenvalue weighted by Crippen LogP contribution is 2.29. The molecule has 4 aromatic rings. The van der Waals surface area contributed by atoms with E-state index in [1.807, 2.05) is 0 Å². The van der Waals surface area contributed by atoms with E-state index in [2.05, 4.69) is 15.0 Å². The van der Waals surface area contributed by atoms with E-state index in [1.165, 1.54) is 44.4 Å². The van der Waals surface area contributed by atoms with Gasteiger partial charge in [0.15, 0.2) is 17.3 Å². The Hall–Kier alpha value is -2.90. The van der Waals surface area contributed by atoms with Crippen molar-refractivity contribution in [2.24, 2.45) is 0 Å². The summed E-state index contributed by atoms with van der Waals surface area (Å²) >= 11 is 5.72. The number of pyridine rings is 1. The van der Waals surface area contributed by atoms with Gasteiger partial charge in [-0.25, -0.2) is 23.7 Å². The molecule has 8 heteroatoms. The van der Waals surface area contributed by atoms with Crippen LogP contribution >= 0.6 is 11.6 Å². The van der Waals surface area contributed by atoms with E-state index in [4.69, 9.17) is 11.6 Å². The first-order valence-electron chi connectivity index (χ1n) is 8.43. The lowest BCUT2D eigenvalue weighted by Crippen LogP contribution is -2.18. The van der Waals surface area contributed by atoms with Crippen LogP contribution in [0.3, 0.4) is 0 Å². The van der Waals surface area contributed by atoms with Gasteiger partial charge < -0.3 is 5.11 Å². The Morgan fingerprint density at radius 2 is 1.89 bits per heavy atom. The topological polar surface area (TPSA) is 63.3 Å². The number of halogens is 3. The minimum atomic E-state index is -1.33. The number of rotatable bonds is 3. The molecule has 5 nitrogen and oxygen atoms in total. The number of hydrogen-bond acceptors (Lipinski definition) is 4. The van der Waals surface area contributed by atoms with Crippen molar-refractivity contribution in [2.75, 3.05) is 0 Å². The van der Waals surface area contributed by atoms with E-state index < -0.39 is 17.2 Å². The summed E-state index contributed by atoms with van der Waals surface area (Å²) in [6.45, 7) is 3.02. The largest absolute Gasteiger partial charge is 0.386 e. The van der Waals surface area contributed by atoms with Crippen LogP contribution in [-0.2, 0) is 5.60 Å². The van der Waals surface area contributed by atoms with E-state index in [-0.39, 0.29) is 16.2 Å². The molecule has 0 radical (unpaired) electrons. The number of hydrogen-bond donors (Lipinski definition) is 1. The van der Waals surface area contributed by atoms with E-state index in [0.717, 1.165) is 0 Å². The Morgan fingerprint density at radius 3 is 2.61 bits per heavy atom. The predicted octanol–water partition coefficient (Wildman–Crippen LogP) is 4.62. The van der Waals surface area contributed by atoms with E-state index in [1.54, 1.807) is 22.7 Å². The van der Waals surface area contributed by atoms with Crippen LogP contribution in [0.5, 0.6) is 0 Å². The van der Waals surface area contributed by atoms with Gasteiger partial charge in [0.25, 0.3) is 0 Å². The first-order chi connectivity index (χ1) is 13.3. The first-order valence-corrected chi connectivity index (χ1v) is 8.81. The fourth-order valence-corrected chi connectivity index (χ4v) is 3.07. The van der Waals surface area contributed by atoms with E-state index in [9.17, 15) is 13.9 Å². The first kappa shape index (κ1) is 18.5. The highest BCUT2D eigenvalue weighted by molar-refractivity contribution is 6.30. The Morgan fingerprint density at radius 1 is 1.11 bits per heavy atom. The monoisotopic (exact) mass is 400 g/mol. The molecule has 0 amide bonds. The van der Waals surface area contributed by atoms with Crippen molar-refractivity contribution in [3.8, 4) is 22.8 Å².